The lowest BCUT2D eigenvalue weighted by Crippen LogP contribution is -2.37. The van der Waals surface area contributed by atoms with Crippen molar-refractivity contribution in [1.29, 1.82) is 0 Å². The monoisotopic (exact) mass is 227 g/mol. The Labute approximate surface area is 99.0 Å². The van der Waals surface area contributed by atoms with E-state index in [-0.39, 0.29) is 6.10 Å². The summed E-state index contributed by atoms with van der Waals surface area (Å²) in [5.41, 5.74) is 5.96. The lowest BCUT2D eigenvalue weighted by molar-refractivity contribution is 0.0689. The van der Waals surface area contributed by atoms with E-state index in [9.17, 15) is 0 Å². The smallest absolute Gasteiger partial charge is 0.131 e. The van der Waals surface area contributed by atoms with Gasteiger partial charge in [-0.25, -0.2) is 4.99 Å². The largest absolute Gasteiger partial charge is 0.385 e. The molecule has 4 heteroatoms. The van der Waals surface area contributed by atoms with E-state index in [4.69, 9.17) is 10.5 Å². The van der Waals surface area contributed by atoms with Gasteiger partial charge in [-0.15, -0.1) is 0 Å². The number of rotatable bonds is 6. The molecule has 0 unspecified atom stereocenters. The summed E-state index contributed by atoms with van der Waals surface area (Å²) in [5.74, 6) is 1.61. The first-order valence-electron chi connectivity index (χ1n) is 5.95. The molecular weight excluding hydrogens is 202 g/mol. The second kappa shape index (κ2) is 8.28. The van der Waals surface area contributed by atoms with Crippen LogP contribution in [0.2, 0.25) is 0 Å². The molecule has 0 rings (SSSR count). The van der Waals surface area contributed by atoms with Crippen LogP contribution in [0.15, 0.2) is 9.98 Å². The Morgan fingerprint density at radius 1 is 1.38 bits per heavy atom. The van der Waals surface area contributed by atoms with Crippen molar-refractivity contribution in [3.63, 3.8) is 0 Å². The van der Waals surface area contributed by atoms with Crippen LogP contribution >= 0.6 is 0 Å². The van der Waals surface area contributed by atoms with Crippen LogP contribution in [0.5, 0.6) is 0 Å². The topological polar surface area (TPSA) is 60.0 Å². The third-order valence-electron chi connectivity index (χ3n) is 2.51. The van der Waals surface area contributed by atoms with E-state index in [2.05, 4.69) is 23.8 Å². The summed E-state index contributed by atoms with van der Waals surface area (Å²) in [5, 5.41) is 0. The van der Waals surface area contributed by atoms with Crippen molar-refractivity contribution in [3.05, 3.63) is 0 Å². The van der Waals surface area contributed by atoms with Crippen molar-refractivity contribution in [2.75, 3.05) is 13.7 Å². The minimum absolute atomic E-state index is 0.0957. The molecule has 0 bridgehead atoms. The predicted octanol–water partition coefficient (Wildman–Crippen LogP) is 2.23. The Bertz CT molecular complexity index is 249. The van der Waals surface area contributed by atoms with Crippen molar-refractivity contribution in [3.8, 4) is 0 Å². The fraction of sp³-hybridized carbons (Fsp3) is 0.833. The minimum Gasteiger partial charge on any atom is -0.385 e. The standard InChI is InChI=1S/C12H25N3O/c1-6-8-9(3)11(16-7-2)12(13)15-10(4)14-5/h9,11H,6-8H2,1-5H3,(H2,13,14,15)/t9-,11-/m0/s1. The molecule has 2 atom stereocenters. The van der Waals surface area contributed by atoms with Gasteiger partial charge in [0.1, 0.15) is 17.8 Å². The van der Waals surface area contributed by atoms with Crippen molar-refractivity contribution in [2.45, 2.75) is 46.6 Å². The molecular formula is C12H25N3O. The Balaban J connectivity index is 4.69. The molecule has 0 aromatic rings. The number of hydrogen-bond donors (Lipinski definition) is 1. The fourth-order valence-electron chi connectivity index (χ4n) is 1.63. The van der Waals surface area contributed by atoms with E-state index in [0.717, 1.165) is 12.8 Å². The summed E-state index contributed by atoms with van der Waals surface area (Å²) in [6, 6.07) is 0. The quantitative estimate of drug-likeness (QED) is 0.559. The van der Waals surface area contributed by atoms with Gasteiger partial charge in [0, 0.05) is 13.7 Å². The van der Waals surface area contributed by atoms with Gasteiger partial charge >= 0.3 is 0 Å². The Kier molecular flexibility index (Phi) is 7.81. The zero-order chi connectivity index (χ0) is 12.6. The third-order valence-corrected chi connectivity index (χ3v) is 2.51. The van der Waals surface area contributed by atoms with Crippen molar-refractivity contribution < 1.29 is 4.74 Å². The Morgan fingerprint density at radius 2 is 2.00 bits per heavy atom. The molecule has 0 amide bonds. The summed E-state index contributed by atoms with van der Waals surface area (Å²) >= 11 is 0. The van der Waals surface area contributed by atoms with Gasteiger partial charge in [0.15, 0.2) is 0 Å². The van der Waals surface area contributed by atoms with Crippen LogP contribution < -0.4 is 5.73 Å². The zero-order valence-corrected chi connectivity index (χ0v) is 11.2. The second-order valence-corrected chi connectivity index (χ2v) is 3.95. The summed E-state index contributed by atoms with van der Waals surface area (Å²) in [7, 11) is 1.71. The van der Waals surface area contributed by atoms with Gasteiger partial charge in [-0.2, -0.15) is 0 Å². The van der Waals surface area contributed by atoms with E-state index >= 15 is 0 Å². The normalized spacial score (nSPS) is 17.3. The Hall–Kier alpha value is -0.900. The molecule has 4 nitrogen and oxygen atoms in total. The number of aliphatic imine (C=N–C) groups is 2. The highest BCUT2D eigenvalue weighted by atomic mass is 16.5. The number of hydrogen-bond acceptors (Lipinski definition) is 2. The maximum absolute atomic E-state index is 5.96. The summed E-state index contributed by atoms with van der Waals surface area (Å²) in [6.45, 7) is 8.76. The fourth-order valence-corrected chi connectivity index (χ4v) is 1.63. The molecule has 0 aliphatic rings. The maximum atomic E-state index is 5.96. The minimum atomic E-state index is -0.0957. The second-order valence-electron chi connectivity index (χ2n) is 3.95. The van der Waals surface area contributed by atoms with Crippen LogP contribution in [0.25, 0.3) is 0 Å². The van der Waals surface area contributed by atoms with Gasteiger partial charge in [-0.05, 0) is 26.2 Å². The van der Waals surface area contributed by atoms with Crippen molar-refractivity contribution >= 4 is 11.7 Å². The van der Waals surface area contributed by atoms with Crippen LogP contribution in [0.4, 0.5) is 0 Å². The average Bonchev–Trinajstić information content (AvgIpc) is 2.25. The molecule has 0 fully saturated rings. The first-order valence-corrected chi connectivity index (χ1v) is 5.95. The van der Waals surface area contributed by atoms with Gasteiger partial charge in [0.2, 0.25) is 0 Å². The molecule has 16 heavy (non-hydrogen) atoms. The lowest BCUT2D eigenvalue weighted by atomic mass is 9.98. The number of nitrogens with two attached hydrogens (primary N) is 1. The third kappa shape index (κ3) is 5.26. The first kappa shape index (κ1) is 15.1. The number of amidine groups is 2. The van der Waals surface area contributed by atoms with Crippen molar-refractivity contribution in [1.82, 2.24) is 0 Å². The number of nitrogens with zero attached hydrogens (tertiary/aromatic N) is 2. The average molecular weight is 227 g/mol. The number of ether oxygens (including phenoxy) is 1. The van der Waals surface area contributed by atoms with Gasteiger partial charge in [0.25, 0.3) is 0 Å². The predicted molar refractivity (Wildman–Crippen MR) is 70.1 cm³/mol. The Morgan fingerprint density at radius 3 is 2.44 bits per heavy atom. The molecule has 0 saturated heterocycles. The molecule has 0 heterocycles. The van der Waals surface area contributed by atoms with Crippen molar-refractivity contribution in [2.24, 2.45) is 21.6 Å². The molecule has 0 aliphatic carbocycles. The summed E-state index contributed by atoms with van der Waals surface area (Å²) in [4.78, 5) is 8.21. The SMILES string of the molecule is CCC[C@H](C)[C@H](OCC)C(N)=NC(C)=NC. The van der Waals surface area contributed by atoms with Gasteiger partial charge in [-0.1, -0.05) is 20.3 Å². The molecule has 2 N–H and O–H groups in total. The van der Waals surface area contributed by atoms with Crippen LogP contribution in [-0.4, -0.2) is 31.4 Å². The lowest BCUT2D eigenvalue weighted by Gasteiger charge is -2.23. The van der Waals surface area contributed by atoms with E-state index in [1.54, 1.807) is 7.05 Å². The highest BCUT2D eigenvalue weighted by Gasteiger charge is 2.20. The van der Waals surface area contributed by atoms with E-state index < -0.39 is 0 Å². The van der Waals surface area contributed by atoms with Crippen LogP contribution in [0.3, 0.4) is 0 Å². The molecule has 0 spiro atoms. The van der Waals surface area contributed by atoms with Gasteiger partial charge in [-0.3, -0.25) is 4.99 Å². The highest BCUT2D eigenvalue weighted by molar-refractivity contribution is 5.97. The zero-order valence-electron chi connectivity index (χ0n) is 11.2. The van der Waals surface area contributed by atoms with Crippen LogP contribution in [0.1, 0.15) is 40.5 Å². The maximum Gasteiger partial charge on any atom is 0.131 e. The molecule has 0 aromatic carbocycles. The molecule has 94 valence electrons. The van der Waals surface area contributed by atoms with Crippen LogP contribution in [-0.2, 0) is 4.74 Å². The van der Waals surface area contributed by atoms with Gasteiger partial charge in [0.05, 0.1) is 0 Å². The highest BCUT2D eigenvalue weighted by Crippen LogP contribution is 2.14. The first-order chi connectivity index (χ1) is 7.56. The van der Waals surface area contributed by atoms with E-state index in [0.29, 0.717) is 24.2 Å². The molecule has 0 radical (unpaired) electrons. The van der Waals surface area contributed by atoms with Gasteiger partial charge < -0.3 is 10.5 Å². The molecule has 0 aromatic heterocycles. The van der Waals surface area contributed by atoms with E-state index in [1.807, 2.05) is 13.8 Å². The molecule has 0 saturated carbocycles. The molecule has 0 aliphatic heterocycles. The van der Waals surface area contributed by atoms with Crippen LogP contribution in [0, 0.1) is 5.92 Å². The summed E-state index contributed by atoms with van der Waals surface area (Å²) < 4.78 is 5.65. The summed E-state index contributed by atoms with van der Waals surface area (Å²) in [6.07, 6.45) is 2.11. The van der Waals surface area contributed by atoms with E-state index in [1.165, 1.54) is 0 Å².